The fourth-order valence-corrected chi connectivity index (χ4v) is 5.50. The van der Waals surface area contributed by atoms with Gasteiger partial charge in [0.15, 0.2) is 10.8 Å². The van der Waals surface area contributed by atoms with E-state index in [1.807, 2.05) is 0 Å². The number of amides is 2. The van der Waals surface area contributed by atoms with Gasteiger partial charge in [-0.15, -0.1) is 23.1 Å². The molecule has 228 valence electrons. The highest BCUT2D eigenvalue weighted by Gasteiger charge is 2.54. The number of carboxylic acids is 1. The number of hydrogen-bond acceptors (Lipinski definition) is 14. The number of aliphatic carboxylic acids is 1. The van der Waals surface area contributed by atoms with Crippen LogP contribution in [0.4, 0.5) is 5.13 Å². The molecule has 4 N–H and O–H groups in total. The predicted octanol–water partition coefficient (Wildman–Crippen LogP) is 0.827. The number of ketones is 1. The van der Waals surface area contributed by atoms with Crippen molar-refractivity contribution < 1.29 is 48.2 Å². The van der Waals surface area contributed by atoms with Crippen molar-refractivity contribution in [3.05, 3.63) is 22.3 Å². The highest BCUT2D eigenvalue weighted by atomic mass is 32.2. The van der Waals surface area contributed by atoms with Crippen molar-refractivity contribution in [2.24, 2.45) is 5.16 Å². The molecule has 2 aliphatic heterocycles. The molecule has 17 heteroatoms. The lowest BCUT2D eigenvalue weighted by atomic mass is 10.0. The van der Waals surface area contributed by atoms with Crippen molar-refractivity contribution in [2.75, 3.05) is 18.1 Å². The largest absolute Gasteiger partial charge is 0.477 e. The molecule has 0 spiro atoms. The molecule has 15 nitrogen and oxygen atoms in total. The Hall–Kier alpha value is -3.99. The van der Waals surface area contributed by atoms with Crippen LogP contribution in [0, 0.1) is 0 Å². The third-order valence-electron chi connectivity index (χ3n) is 5.57. The lowest BCUT2D eigenvalue weighted by molar-refractivity contribution is -0.179. The van der Waals surface area contributed by atoms with Gasteiger partial charge in [-0.25, -0.2) is 14.6 Å². The number of carbonyl (C=O) groups is 6. The van der Waals surface area contributed by atoms with Gasteiger partial charge in [0.25, 0.3) is 11.8 Å². The van der Waals surface area contributed by atoms with Gasteiger partial charge in [0.2, 0.25) is 5.60 Å². The second-order valence-electron chi connectivity index (χ2n) is 10.8. The molecule has 0 bridgehead atoms. The third-order valence-corrected chi connectivity index (χ3v) is 7.59. The smallest absolute Gasteiger partial charge is 0.353 e. The fraction of sp³-hybridized carbons (Fsp3) is 0.520. The van der Waals surface area contributed by atoms with Crippen LogP contribution in [0.25, 0.3) is 0 Å². The Kier molecular flexibility index (Phi) is 9.66. The number of rotatable bonds is 11. The monoisotopic (exact) mass is 625 g/mol. The molecule has 3 rings (SSSR count). The van der Waals surface area contributed by atoms with Crippen molar-refractivity contribution >= 4 is 69.4 Å². The minimum Gasteiger partial charge on any atom is -0.477 e. The maximum atomic E-state index is 13.3. The Balaban J connectivity index is 1.79. The molecule has 2 atom stereocenters. The van der Waals surface area contributed by atoms with E-state index in [9.17, 15) is 33.9 Å². The SMILES string of the molecule is CC(=O)CC(=O)OCC1=C(C(=O)O)N2C(=O)[C@H](NC(=O)/C(=N\OC(C)(C)C(=O)OC(C)(C)C)c3csc(N)n3)[C@@H]2SC1. The molecule has 3 heterocycles. The molecule has 2 aliphatic rings. The molecule has 42 heavy (non-hydrogen) atoms. The minimum atomic E-state index is -1.60. The predicted molar refractivity (Wildman–Crippen MR) is 150 cm³/mol. The van der Waals surface area contributed by atoms with Crippen LogP contribution in [0.1, 0.15) is 53.7 Å². The summed E-state index contributed by atoms with van der Waals surface area (Å²) in [6.45, 7) is 8.63. The van der Waals surface area contributed by atoms with Crippen LogP contribution in [0.5, 0.6) is 0 Å². The maximum absolute atomic E-state index is 13.3. The number of nitrogens with two attached hydrogens (primary N) is 1. The third kappa shape index (κ3) is 7.64. The minimum absolute atomic E-state index is 0.0238. The molecule has 0 saturated carbocycles. The van der Waals surface area contributed by atoms with Crippen molar-refractivity contribution in [3.63, 3.8) is 0 Å². The van der Waals surface area contributed by atoms with Gasteiger partial charge >= 0.3 is 17.9 Å². The number of carbonyl (C=O) groups excluding carboxylic acids is 5. The quantitative estimate of drug-likeness (QED) is 0.102. The van der Waals surface area contributed by atoms with E-state index in [-0.39, 0.29) is 33.6 Å². The van der Waals surface area contributed by atoms with Gasteiger partial charge in [-0.1, -0.05) is 5.16 Å². The number of aromatic nitrogens is 1. The number of hydrogen-bond donors (Lipinski definition) is 3. The highest BCUT2D eigenvalue weighted by Crippen LogP contribution is 2.40. The second kappa shape index (κ2) is 12.5. The molecule has 0 aromatic carbocycles. The molecular weight excluding hydrogens is 594 g/mol. The average Bonchev–Trinajstić information content (AvgIpc) is 3.29. The van der Waals surface area contributed by atoms with E-state index in [0.29, 0.717) is 0 Å². The van der Waals surface area contributed by atoms with Crippen LogP contribution in [0.3, 0.4) is 0 Å². The lowest BCUT2D eigenvalue weighted by Crippen LogP contribution is -2.71. The summed E-state index contributed by atoms with van der Waals surface area (Å²) < 4.78 is 10.3. The number of ether oxygens (including phenoxy) is 2. The summed E-state index contributed by atoms with van der Waals surface area (Å²) in [6, 6.07) is -1.14. The van der Waals surface area contributed by atoms with Crippen LogP contribution in [0.2, 0.25) is 0 Å². The van der Waals surface area contributed by atoms with Crippen molar-refractivity contribution in [1.82, 2.24) is 15.2 Å². The maximum Gasteiger partial charge on any atom is 0.353 e. The van der Waals surface area contributed by atoms with Gasteiger partial charge in [-0.3, -0.25) is 24.1 Å². The zero-order chi connectivity index (χ0) is 31.6. The van der Waals surface area contributed by atoms with Crippen molar-refractivity contribution in [1.29, 1.82) is 0 Å². The van der Waals surface area contributed by atoms with E-state index in [1.54, 1.807) is 20.8 Å². The van der Waals surface area contributed by atoms with E-state index in [0.717, 1.165) is 28.0 Å². The normalized spacial score (nSPS) is 19.0. The van der Waals surface area contributed by atoms with E-state index < -0.39 is 71.2 Å². The number of anilines is 1. The number of fused-ring (bicyclic) bond motifs is 1. The molecule has 2 amide bonds. The first-order valence-electron chi connectivity index (χ1n) is 12.5. The van der Waals surface area contributed by atoms with Crippen molar-refractivity contribution in [2.45, 2.75) is 70.6 Å². The number of oxime groups is 1. The first kappa shape index (κ1) is 32.5. The van der Waals surface area contributed by atoms with Crippen LogP contribution in [-0.4, -0.2) is 91.2 Å². The number of nitrogen functional groups attached to an aromatic ring is 1. The molecule has 0 unspecified atom stereocenters. The number of esters is 2. The van der Waals surface area contributed by atoms with Gasteiger partial charge in [0.1, 0.15) is 47.2 Å². The zero-order valence-electron chi connectivity index (χ0n) is 23.7. The highest BCUT2D eigenvalue weighted by molar-refractivity contribution is 8.00. The first-order valence-corrected chi connectivity index (χ1v) is 14.4. The summed E-state index contributed by atoms with van der Waals surface area (Å²) in [5.41, 5.74) is 2.75. The number of β-lactam (4-membered cyclic amide) rings is 1. The molecule has 1 saturated heterocycles. The first-order chi connectivity index (χ1) is 19.4. The number of nitrogens with one attached hydrogen (secondary N) is 1. The zero-order valence-corrected chi connectivity index (χ0v) is 25.3. The number of Topliss-reactive ketones (excluding diaryl/α,β-unsaturated/α-hetero) is 1. The molecule has 0 aliphatic carbocycles. The summed E-state index contributed by atoms with van der Waals surface area (Å²) in [5.74, 6) is -4.93. The van der Waals surface area contributed by atoms with Crippen LogP contribution in [0.15, 0.2) is 21.8 Å². The van der Waals surface area contributed by atoms with E-state index in [2.05, 4.69) is 15.5 Å². The van der Waals surface area contributed by atoms with Crippen LogP contribution >= 0.6 is 23.1 Å². The average molecular weight is 626 g/mol. The number of thiazole rings is 1. The van der Waals surface area contributed by atoms with Gasteiger partial charge in [0.05, 0.1) is 0 Å². The van der Waals surface area contributed by atoms with E-state index >= 15 is 0 Å². The Bertz CT molecular complexity index is 1380. The Labute approximate surface area is 248 Å². The molecule has 1 aromatic heterocycles. The van der Waals surface area contributed by atoms with Crippen molar-refractivity contribution in [3.8, 4) is 0 Å². The number of carboxylic acid groups (broad SMARTS) is 1. The molecular formula is C25H31N5O10S2. The fourth-order valence-electron chi connectivity index (χ4n) is 3.62. The second-order valence-corrected chi connectivity index (χ2v) is 12.8. The molecule has 1 aromatic rings. The van der Waals surface area contributed by atoms with Gasteiger partial charge < -0.3 is 30.5 Å². The van der Waals surface area contributed by atoms with Crippen LogP contribution in [-0.2, 0) is 43.1 Å². The van der Waals surface area contributed by atoms with Gasteiger partial charge in [-0.05, 0) is 41.5 Å². The molecule has 0 radical (unpaired) electrons. The van der Waals surface area contributed by atoms with Gasteiger partial charge in [0, 0.05) is 16.7 Å². The van der Waals surface area contributed by atoms with E-state index in [1.165, 1.54) is 26.2 Å². The number of thioether (sulfide) groups is 1. The van der Waals surface area contributed by atoms with Gasteiger partial charge in [-0.2, -0.15) is 0 Å². The van der Waals surface area contributed by atoms with E-state index in [4.69, 9.17) is 20.0 Å². The standard InChI is InChI=1S/C25H31N5O10S2/c1-11(31)7-14(32)38-8-12-9-41-20-16(19(34)30(20)17(12)21(35)36)28-18(33)15(13-10-42-23(26)27-13)29-40-25(5,6)22(37)39-24(2,3)4/h10,16,20H,7-9H2,1-6H3,(H2,26,27)(H,28,33)(H,35,36)/b29-15-/t16-,20-/m0/s1. The Morgan fingerprint density at radius 2 is 1.88 bits per heavy atom. The summed E-state index contributed by atoms with van der Waals surface area (Å²) in [4.78, 5) is 84.3. The molecule has 1 fully saturated rings. The summed E-state index contributed by atoms with van der Waals surface area (Å²) in [6.07, 6.45) is -0.463. The van der Waals surface area contributed by atoms with Crippen LogP contribution < -0.4 is 11.1 Å². The summed E-state index contributed by atoms with van der Waals surface area (Å²) in [7, 11) is 0. The summed E-state index contributed by atoms with van der Waals surface area (Å²) in [5, 5.41) is 17.0. The number of nitrogens with zero attached hydrogens (tertiary/aromatic N) is 3. The Morgan fingerprint density at radius 3 is 2.43 bits per heavy atom. The lowest BCUT2D eigenvalue weighted by Gasteiger charge is -2.49. The summed E-state index contributed by atoms with van der Waals surface area (Å²) >= 11 is 2.17. The Morgan fingerprint density at radius 1 is 1.21 bits per heavy atom. The topological polar surface area (TPSA) is 217 Å².